The highest BCUT2D eigenvalue weighted by atomic mass is 16.5. The predicted molar refractivity (Wildman–Crippen MR) is 101 cm³/mol. The van der Waals surface area contributed by atoms with E-state index in [9.17, 15) is 4.79 Å². The molecule has 1 aliphatic heterocycles. The Balaban J connectivity index is 1.99. The third kappa shape index (κ3) is 2.68. The number of rotatable bonds is 3. The third-order valence-electron chi connectivity index (χ3n) is 4.40. The zero-order valence-corrected chi connectivity index (χ0v) is 15.0. The van der Waals surface area contributed by atoms with Crippen molar-refractivity contribution in [3.8, 4) is 16.9 Å². The van der Waals surface area contributed by atoms with E-state index in [1.165, 1.54) is 0 Å². The summed E-state index contributed by atoms with van der Waals surface area (Å²) in [5.41, 5.74) is 2.76. The predicted octanol–water partition coefficient (Wildman–Crippen LogP) is 5.46. The average molecular weight is 348 g/mol. The van der Waals surface area contributed by atoms with Gasteiger partial charge in [0, 0.05) is 10.9 Å². The Morgan fingerprint density at radius 3 is 2.62 bits per heavy atom. The van der Waals surface area contributed by atoms with Gasteiger partial charge in [-0.15, -0.1) is 0 Å². The molecule has 0 unspecified atom stereocenters. The van der Waals surface area contributed by atoms with Crippen LogP contribution in [0.5, 0.6) is 5.75 Å². The summed E-state index contributed by atoms with van der Waals surface area (Å²) in [5.74, 6) is 0.505. The second kappa shape index (κ2) is 6.06. The number of carbonyl (C=O) groups is 1. The van der Waals surface area contributed by atoms with Crippen LogP contribution in [0, 0.1) is 0 Å². The van der Waals surface area contributed by atoms with E-state index in [0.717, 1.165) is 27.8 Å². The SMILES string of the molecule is CCOC(=O)c1oc2c3c(ccc2c1-c1ccccc1)OC(C)(C)C=C3. The highest BCUT2D eigenvalue weighted by molar-refractivity contribution is 6.08. The molecule has 0 fully saturated rings. The van der Waals surface area contributed by atoms with Crippen molar-refractivity contribution in [2.24, 2.45) is 0 Å². The molecule has 0 spiro atoms. The molecule has 0 radical (unpaired) electrons. The van der Waals surface area contributed by atoms with Crippen molar-refractivity contribution in [2.45, 2.75) is 26.4 Å². The minimum absolute atomic E-state index is 0.222. The van der Waals surface area contributed by atoms with Crippen LogP contribution in [0.1, 0.15) is 36.9 Å². The van der Waals surface area contributed by atoms with Gasteiger partial charge in [0.2, 0.25) is 5.76 Å². The second-order valence-electron chi connectivity index (χ2n) is 6.79. The third-order valence-corrected chi connectivity index (χ3v) is 4.40. The maximum atomic E-state index is 12.5. The number of carbonyl (C=O) groups excluding carboxylic acids is 1. The molecule has 0 aliphatic carbocycles. The van der Waals surface area contributed by atoms with Crippen molar-refractivity contribution < 1.29 is 18.7 Å². The summed E-state index contributed by atoms with van der Waals surface area (Å²) in [6.45, 7) is 6.07. The molecule has 4 rings (SSSR count). The number of hydrogen-bond donors (Lipinski definition) is 0. The molecule has 0 bridgehead atoms. The molecule has 3 aromatic rings. The lowest BCUT2D eigenvalue weighted by Gasteiger charge is -2.27. The lowest BCUT2D eigenvalue weighted by molar-refractivity contribution is 0.0493. The van der Waals surface area contributed by atoms with Crippen LogP contribution < -0.4 is 4.74 Å². The lowest BCUT2D eigenvalue weighted by atomic mass is 9.97. The van der Waals surface area contributed by atoms with Gasteiger partial charge in [0.1, 0.15) is 16.9 Å². The number of esters is 1. The molecule has 132 valence electrons. The van der Waals surface area contributed by atoms with Crippen LogP contribution in [0.25, 0.3) is 28.2 Å². The summed E-state index contributed by atoms with van der Waals surface area (Å²) >= 11 is 0. The first-order chi connectivity index (χ1) is 12.5. The van der Waals surface area contributed by atoms with Gasteiger partial charge in [-0.2, -0.15) is 0 Å². The number of hydrogen-bond acceptors (Lipinski definition) is 4. The fourth-order valence-electron chi connectivity index (χ4n) is 3.24. The zero-order chi connectivity index (χ0) is 18.3. The van der Waals surface area contributed by atoms with Crippen LogP contribution >= 0.6 is 0 Å². The fourth-order valence-corrected chi connectivity index (χ4v) is 3.24. The molecule has 4 nitrogen and oxygen atoms in total. The van der Waals surface area contributed by atoms with Crippen molar-refractivity contribution in [1.82, 2.24) is 0 Å². The van der Waals surface area contributed by atoms with Crippen molar-refractivity contribution in [2.75, 3.05) is 6.61 Å². The van der Waals surface area contributed by atoms with Crippen LogP contribution in [0.2, 0.25) is 0 Å². The van der Waals surface area contributed by atoms with Gasteiger partial charge in [0.05, 0.1) is 12.2 Å². The van der Waals surface area contributed by atoms with E-state index < -0.39 is 5.97 Å². The summed E-state index contributed by atoms with van der Waals surface area (Å²) in [7, 11) is 0. The molecule has 0 amide bonds. The summed E-state index contributed by atoms with van der Waals surface area (Å²) < 4.78 is 17.3. The Morgan fingerprint density at radius 1 is 1.12 bits per heavy atom. The molecule has 2 aromatic carbocycles. The van der Waals surface area contributed by atoms with E-state index in [1.807, 2.05) is 68.5 Å². The Kier molecular flexibility index (Phi) is 3.83. The largest absolute Gasteiger partial charge is 0.483 e. The molecule has 2 heterocycles. The quantitative estimate of drug-likeness (QED) is 0.590. The van der Waals surface area contributed by atoms with Gasteiger partial charge in [-0.25, -0.2) is 4.79 Å². The average Bonchev–Trinajstić information content (AvgIpc) is 3.01. The Hall–Kier alpha value is -3.01. The maximum Gasteiger partial charge on any atom is 0.374 e. The summed E-state index contributed by atoms with van der Waals surface area (Å²) in [6.07, 6.45) is 3.98. The van der Waals surface area contributed by atoms with E-state index in [0.29, 0.717) is 12.2 Å². The zero-order valence-electron chi connectivity index (χ0n) is 15.0. The Morgan fingerprint density at radius 2 is 1.88 bits per heavy atom. The topological polar surface area (TPSA) is 48.7 Å². The van der Waals surface area contributed by atoms with Crippen molar-refractivity contribution in [3.05, 3.63) is 59.9 Å². The smallest absolute Gasteiger partial charge is 0.374 e. The highest BCUT2D eigenvalue weighted by Gasteiger charge is 2.28. The normalized spacial score (nSPS) is 14.7. The van der Waals surface area contributed by atoms with Crippen LogP contribution in [-0.2, 0) is 4.74 Å². The lowest BCUT2D eigenvalue weighted by Crippen LogP contribution is -2.27. The van der Waals surface area contributed by atoms with Crippen molar-refractivity contribution >= 4 is 23.0 Å². The summed E-state index contributed by atoms with van der Waals surface area (Å²) in [5, 5.41) is 0.867. The van der Waals surface area contributed by atoms with E-state index in [-0.39, 0.29) is 11.4 Å². The number of furan rings is 1. The van der Waals surface area contributed by atoms with Crippen molar-refractivity contribution in [1.29, 1.82) is 0 Å². The van der Waals surface area contributed by atoms with Crippen LogP contribution in [0.4, 0.5) is 0 Å². The van der Waals surface area contributed by atoms with E-state index in [4.69, 9.17) is 13.9 Å². The summed E-state index contributed by atoms with van der Waals surface area (Å²) in [4.78, 5) is 12.5. The molecule has 0 N–H and O–H groups in total. The molecule has 0 saturated carbocycles. The van der Waals surface area contributed by atoms with Gasteiger partial charge in [-0.1, -0.05) is 30.3 Å². The summed E-state index contributed by atoms with van der Waals surface area (Å²) in [6, 6.07) is 13.6. The van der Waals surface area contributed by atoms with E-state index >= 15 is 0 Å². The first kappa shape index (κ1) is 16.5. The van der Waals surface area contributed by atoms with Crippen LogP contribution in [-0.4, -0.2) is 18.2 Å². The minimum atomic E-state index is -0.461. The first-order valence-electron chi connectivity index (χ1n) is 8.70. The standard InChI is InChI=1S/C22H20O4/c1-4-24-21(23)20-18(14-8-6-5-7-9-14)16-10-11-17-15(19(16)25-20)12-13-22(2,3)26-17/h5-13H,4H2,1-3H3. The number of benzene rings is 2. The number of ether oxygens (including phenoxy) is 2. The molecule has 0 saturated heterocycles. The van der Waals surface area contributed by atoms with Gasteiger partial charge in [0.15, 0.2) is 0 Å². The van der Waals surface area contributed by atoms with E-state index in [2.05, 4.69) is 0 Å². The molecule has 4 heteroatoms. The molecule has 1 aromatic heterocycles. The van der Waals surface area contributed by atoms with Gasteiger partial charge in [0.25, 0.3) is 0 Å². The molecule has 0 atom stereocenters. The van der Waals surface area contributed by atoms with Gasteiger partial charge < -0.3 is 13.9 Å². The van der Waals surface area contributed by atoms with Crippen molar-refractivity contribution in [3.63, 3.8) is 0 Å². The Labute approximate surface area is 152 Å². The fraction of sp³-hybridized carbons (Fsp3) is 0.227. The number of fused-ring (bicyclic) bond motifs is 3. The first-order valence-corrected chi connectivity index (χ1v) is 8.70. The Bertz CT molecular complexity index is 1010. The molecular formula is C22H20O4. The molecular weight excluding hydrogens is 328 g/mol. The van der Waals surface area contributed by atoms with Gasteiger partial charge in [-0.3, -0.25) is 0 Å². The van der Waals surface area contributed by atoms with Crippen LogP contribution in [0.15, 0.2) is 53.0 Å². The monoisotopic (exact) mass is 348 g/mol. The van der Waals surface area contributed by atoms with Crippen LogP contribution in [0.3, 0.4) is 0 Å². The second-order valence-corrected chi connectivity index (χ2v) is 6.79. The van der Waals surface area contributed by atoms with Gasteiger partial charge in [-0.05, 0) is 50.6 Å². The molecule has 26 heavy (non-hydrogen) atoms. The highest BCUT2D eigenvalue weighted by Crippen LogP contribution is 2.42. The minimum Gasteiger partial charge on any atom is -0.483 e. The molecule has 1 aliphatic rings. The van der Waals surface area contributed by atoms with E-state index in [1.54, 1.807) is 6.92 Å². The maximum absolute atomic E-state index is 12.5. The van der Waals surface area contributed by atoms with Gasteiger partial charge >= 0.3 is 5.97 Å².